The molecule has 0 bridgehead atoms. The minimum atomic E-state index is -0.104. The second-order valence-corrected chi connectivity index (χ2v) is 8.57. The van der Waals surface area contributed by atoms with Gasteiger partial charge >= 0.3 is 0 Å². The van der Waals surface area contributed by atoms with Gasteiger partial charge in [0.2, 0.25) is 11.7 Å². The highest BCUT2D eigenvalue weighted by molar-refractivity contribution is 5.93. The Kier molecular flexibility index (Phi) is 4.95. The topological polar surface area (TPSA) is 88.8 Å². The Morgan fingerprint density at radius 2 is 1.97 bits per heavy atom. The van der Waals surface area contributed by atoms with E-state index in [-0.39, 0.29) is 5.91 Å². The smallest absolute Gasteiger partial charge is 0.254 e. The zero-order valence-electron chi connectivity index (χ0n) is 16.5. The Hall–Kier alpha value is -2.48. The first-order chi connectivity index (χ1) is 14.2. The molecule has 2 aromatic heterocycles. The van der Waals surface area contributed by atoms with Gasteiger partial charge in [0.1, 0.15) is 0 Å². The number of carbonyl (C=O) groups is 2. The van der Waals surface area contributed by atoms with Gasteiger partial charge < -0.3 is 15.0 Å². The third kappa shape index (κ3) is 3.85. The van der Waals surface area contributed by atoms with Gasteiger partial charge in [0, 0.05) is 64.1 Å². The number of aromatic nitrogens is 3. The van der Waals surface area contributed by atoms with Crippen LogP contribution in [0.3, 0.4) is 0 Å². The summed E-state index contributed by atoms with van der Waals surface area (Å²) in [4.78, 5) is 35.2. The molecule has 1 aliphatic carbocycles. The molecule has 1 unspecified atom stereocenters. The van der Waals surface area contributed by atoms with E-state index in [1.165, 1.54) is 0 Å². The number of fused-ring (bicyclic) bond motifs is 2. The van der Waals surface area contributed by atoms with Gasteiger partial charge in [-0.05, 0) is 42.9 Å². The van der Waals surface area contributed by atoms with Gasteiger partial charge in [-0.25, -0.2) is 9.97 Å². The maximum Gasteiger partial charge on any atom is 0.254 e. The van der Waals surface area contributed by atoms with E-state index in [2.05, 4.69) is 20.2 Å². The molecule has 5 rings (SSSR count). The Labute approximate surface area is 169 Å². The number of imidazole rings is 1. The van der Waals surface area contributed by atoms with E-state index in [0.717, 1.165) is 45.6 Å². The van der Waals surface area contributed by atoms with Crippen LogP contribution in [-0.4, -0.2) is 63.9 Å². The van der Waals surface area contributed by atoms with Gasteiger partial charge in [-0.3, -0.25) is 14.0 Å². The standard InChI is InChI=1S/C21H27N5O3/c27-19(9-14-2-7-29-8-3-14)26-12-17-16(18(17)13-26)1-4-22-20(28)15-10-24-21-23-5-6-25(21)11-15/h5-6,10-11,14,16-18H,1-4,7-9,12-13H2,(H,22,28)/t16?,17-,18+. The van der Waals surface area contributed by atoms with Crippen LogP contribution < -0.4 is 5.32 Å². The average molecular weight is 397 g/mol. The van der Waals surface area contributed by atoms with Gasteiger partial charge in [0.25, 0.3) is 5.91 Å². The van der Waals surface area contributed by atoms with Gasteiger partial charge in [0.05, 0.1) is 5.56 Å². The average Bonchev–Trinajstić information content (AvgIpc) is 3.11. The highest BCUT2D eigenvalue weighted by atomic mass is 16.5. The highest BCUT2D eigenvalue weighted by Crippen LogP contribution is 2.53. The summed E-state index contributed by atoms with van der Waals surface area (Å²) < 4.78 is 7.12. The van der Waals surface area contributed by atoms with Gasteiger partial charge in [0.15, 0.2) is 0 Å². The largest absolute Gasteiger partial charge is 0.381 e. The Bertz CT molecular complexity index is 895. The normalized spacial score (nSPS) is 26.5. The van der Waals surface area contributed by atoms with Crippen molar-refractivity contribution in [1.82, 2.24) is 24.6 Å². The molecule has 2 amide bonds. The molecule has 0 spiro atoms. The molecule has 154 valence electrons. The minimum absolute atomic E-state index is 0.104. The van der Waals surface area contributed by atoms with Crippen LogP contribution in [0.25, 0.3) is 5.78 Å². The van der Waals surface area contributed by atoms with Crippen molar-refractivity contribution in [2.24, 2.45) is 23.7 Å². The Morgan fingerprint density at radius 1 is 1.17 bits per heavy atom. The quantitative estimate of drug-likeness (QED) is 0.795. The van der Waals surface area contributed by atoms with Crippen molar-refractivity contribution < 1.29 is 14.3 Å². The molecule has 8 heteroatoms. The molecular formula is C21H27N5O3. The number of nitrogens with one attached hydrogen (secondary N) is 1. The van der Waals surface area contributed by atoms with Crippen LogP contribution in [0.5, 0.6) is 0 Å². The number of hydrogen-bond acceptors (Lipinski definition) is 5. The maximum atomic E-state index is 12.5. The summed E-state index contributed by atoms with van der Waals surface area (Å²) in [5.74, 6) is 3.17. The first-order valence-corrected chi connectivity index (χ1v) is 10.6. The highest BCUT2D eigenvalue weighted by Gasteiger charge is 2.55. The lowest BCUT2D eigenvalue weighted by molar-refractivity contribution is -0.132. The van der Waals surface area contributed by atoms with Crippen LogP contribution >= 0.6 is 0 Å². The Balaban J connectivity index is 1.03. The van der Waals surface area contributed by atoms with E-state index in [9.17, 15) is 9.59 Å². The van der Waals surface area contributed by atoms with Crippen LogP contribution in [-0.2, 0) is 9.53 Å². The molecule has 29 heavy (non-hydrogen) atoms. The molecule has 2 aliphatic heterocycles. The third-order valence-corrected chi connectivity index (χ3v) is 6.80. The van der Waals surface area contributed by atoms with E-state index in [1.54, 1.807) is 29.2 Å². The van der Waals surface area contributed by atoms with Crippen molar-refractivity contribution in [2.45, 2.75) is 25.7 Å². The van der Waals surface area contributed by atoms with Gasteiger partial charge in [-0.15, -0.1) is 0 Å². The number of piperidine rings is 1. The van der Waals surface area contributed by atoms with Gasteiger partial charge in [-0.2, -0.15) is 0 Å². The van der Waals surface area contributed by atoms with E-state index in [0.29, 0.717) is 53.9 Å². The fraction of sp³-hybridized carbons (Fsp3) is 0.619. The summed E-state index contributed by atoms with van der Waals surface area (Å²) in [6, 6.07) is 0. The van der Waals surface area contributed by atoms with Gasteiger partial charge in [-0.1, -0.05) is 0 Å². The second kappa shape index (κ2) is 7.74. The lowest BCUT2D eigenvalue weighted by Crippen LogP contribution is -2.34. The molecule has 8 nitrogen and oxygen atoms in total. The molecule has 2 saturated heterocycles. The SMILES string of the molecule is O=C(NCCC1[C@H]2CN(C(=O)CC3CCOCC3)C[C@@H]12)c1cnc2nccn2c1. The summed E-state index contributed by atoms with van der Waals surface area (Å²) in [5.41, 5.74) is 0.538. The number of likely N-dealkylation sites (tertiary alicyclic amines) is 1. The van der Waals surface area contributed by atoms with E-state index in [4.69, 9.17) is 4.74 Å². The fourth-order valence-corrected chi connectivity index (χ4v) is 5.00. The third-order valence-electron chi connectivity index (χ3n) is 6.80. The minimum Gasteiger partial charge on any atom is -0.381 e. The maximum absolute atomic E-state index is 12.5. The van der Waals surface area contributed by atoms with Crippen molar-refractivity contribution in [3.8, 4) is 0 Å². The van der Waals surface area contributed by atoms with E-state index in [1.807, 2.05) is 0 Å². The summed E-state index contributed by atoms with van der Waals surface area (Å²) in [6.07, 6.45) is 10.4. The van der Waals surface area contributed by atoms with Crippen LogP contribution in [0.2, 0.25) is 0 Å². The molecule has 1 saturated carbocycles. The van der Waals surface area contributed by atoms with Crippen molar-refractivity contribution in [2.75, 3.05) is 32.8 Å². The predicted octanol–water partition coefficient (Wildman–Crippen LogP) is 1.37. The number of rotatable bonds is 6. The van der Waals surface area contributed by atoms with Crippen molar-refractivity contribution in [3.05, 3.63) is 30.4 Å². The summed E-state index contributed by atoms with van der Waals surface area (Å²) in [6.45, 7) is 4.04. The number of hydrogen-bond donors (Lipinski definition) is 1. The lowest BCUT2D eigenvalue weighted by atomic mass is 9.96. The first-order valence-electron chi connectivity index (χ1n) is 10.6. The molecule has 3 aliphatic rings. The molecule has 0 radical (unpaired) electrons. The van der Waals surface area contributed by atoms with Crippen LogP contribution in [0.15, 0.2) is 24.8 Å². The monoisotopic (exact) mass is 397 g/mol. The van der Waals surface area contributed by atoms with Crippen molar-refractivity contribution in [3.63, 3.8) is 0 Å². The molecular weight excluding hydrogens is 370 g/mol. The summed E-state index contributed by atoms with van der Waals surface area (Å²) in [7, 11) is 0. The van der Waals surface area contributed by atoms with Crippen molar-refractivity contribution >= 4 is 17.6 Å². The molecule has 3 atom stereocenters. The molecule has 1 N–H and O–H groups in total. The number of carbonyl (C=O) groups excluding carboxylic acids is 2. The summed E-state index contributed by atoms with van der Waals surface area (Å²) >= 11 is 0. The van der Waals surface area contributed by atoms with Crippen molar-refractivity contribution in [1.29, 1.82) is 0 Å². The lowest BCUT2D eigenvalue weighted by Gasteiger charge is -2.25. The first kappa shape index (κ1) is 18.5. The number of amides is 2. The second-order valence-electron chi connectivity index (χ2n) is 8.57. The number of ether oxygens (including phenoxy) is 1. The molecule has 3 fully saturated rings. The Morgan fingerprint density at radius 3 is 2.76 bits per heavy atom. The molecule has 2 aromatic rings. The zero-order valence-corrected chi connectivity index (χ0v) is 16.5. The van der Waals surface area contributed by atoms with E-state index >= 15 is 0 Å². The van der Waals surface area contributed by atoms with Crippen LogP contribution in [0.1, 0.15) is 36.0 Å². The fourth-order valence-electron chi connectivity index (χ4n) is 5.00. The predicted molar refractivity (Wildman–Crippen MR) is 105 cm³/mol. The number of nitrogens with zero attached hydrogens (tertiary/aromatic N) is 4. The molecule has 0 aromatic carbocycles. The van der Waals surface area contributed by atoms with Crippen LogP contribution in [0, 0.1) is 23.7 Å². The van der Waals surface area contributed by atoms with Crippen LogP contribution in [0.4, 0.5) is 0 Å². The molecule has 4 heterocycles. The van der Waals surface area contributed by atoms with E-state index < -0.39 is 0 Å². The summed E-state index contributed by atoms with van der Waals surface area (Å²) in [5, 5.41) is 3.00. The zero-order chi connectivity index (χ0) is 19.8.